The summed E-state index contributed by atoms with van der Waals surface area (Å²) in [5.41, 5.74) is 0.109. The molecule has 0 unspecified atom stereocenters. The number of alkyl halides is 3. The fourth-order valence-electron chi connectivity index (χ4n) is 1.09. The molecule has 0 saturated heterocycles. The van der Waals surface area contributed by atoms with Crippen molar-refractivity contribution < 1.29 is 17.9 Å². The van der Waals surface area contributed by atoms with Crippen LogP contribution in [0.1, 0.15) is 26.3 Å². The third-order valence-electron chi connectivity index (χ3n) is 1.75. The lowest BCUT2D eigenvalue weighted by Gasteiger charge is -2.14. The number of halogens is 4. The number of rotatable bonds is 3. The summed E-state index contributed by atoms with van der Waals surface area (Å²) in [5.74, 6) is -0.363. The van der Waals surface area contributed by atoms with Crippen molar-refractivity contribution in [2.75, 3.05) is 0 Å². The van der Waals surface area contributed by atoms with Crippen LogP contribution in [0.5, 0.6) is 5.75 Å². The molecule has 0 fully saturated rings. The minimum Gasteiger partial charge on any atom is -0.405 e. The summed E-state index contributed by atoms with van der Waals surface area (Å²) in [6.45, 7) is 5.82. The Labute approximate surface area is 119 Å². The van der Waals surface area contributed by atoms with Crippen LogP contribution in [-0.4, -0.2) is 17.3 Å². The van der Waals surface area contributed by atoms with Crippen molar-refractivity contribution in [1.29, 1.82) is 0 Å². The zero-order chi connectivity index (χ0) is 14.7. The molecule has 0 N–H and O–H groups in total. The standard InChI is InChI=1S/C12H13ClF3NOS/c1-11(2,3)19-17-7-8-9(13)5-4-6-10(8)18-12(14,15)16/h4-7H,1-3H3. The van der Waals surface area contributed by atoms with Crippen molar-refractivity contribution in [3.05, 3.63) is 28.8 Å². The molecule has 0 aliphatic rings. The largest absolute Gasteiger partial charge is 0.573 e. The van der Waals surface area contributed by atoms with Gasteiger partial charge in [-0.3, -0.25) is 0 Å². The molecule has 0 bridgehead atoms. The van der Waals surface area contributed by atoms with E-state index < -0.39 is 6.36 Å². The van der Waals surface area contributed by atoms with Gasteiger partial charge in [-0.05, 0) is 44.9 Å². The molecule has 106 valence electrons. The molecule has 1 aromatic rings. The van der Waals surface area contributed by atoms with Gasteiger partial charge in [-0.25, -0.2) is 4.40 Å². The molecule has 0 aliphatic heterocycles. The van der Waals surface area contributed by atoms with Crippen LogP contribution in [0.15, 0.2) is 22.6 Å². The summed E-state index contributed by atoms with van der Waals surface area (Å²) in [4.78, 5) is 0. The first-order valence-corrected chi connectivity index (χ1v) is 6.49. The van der Waals surface area contributed by atoms with Crippen molar-refractivity contribution in [2.24, 2.45) is 4.40 Å². The normalized spacial score (nSPS) is 13.0. The molecule has 2 nitrogen and oxygen atoms in total. The Hall–Kier alpha value is -0.880. The smallest absolute Gasteiger partial charge is 0.405 e. The van der Waals surface area contributed by atoms with Crippen molar-refractivity contribution in [1.82, 2.24) is 0 Å². The maximum atomic E-state index is 12.2. The predicted molar refractivity (Wildman–Crippen MR) is 73.1 cm³/mol. The van der Waals surface area contributed by atoms with E-state index >= 15 is 0 Å². The van der Waals surface area contributed by atoms with Gasteiger partial charge in [0.1, 0.15) is 5.75 Å². The highest BCUT2D eigenvalue weighted by Gasteiger charge is 2.32. The van der Waals surface area contributed by atoms with Crippen molar-refractivity contribution in [2.45, 2.75) is 31.9 Å². The highest BCUT2D eigenvalue weighted by Crippen LogP contribution is 2.31. The lowest BCUT2D eigenvalue weighted by atomic mass is 10.2. The van der Waals surface area contributed by atoms with E-state index in [1.54, 1.807) is 0 Å². The molecule has 1 aromatic carbocycles. The van der Waals surface area contributed by atoms with Gasteiger partial charge in [0.25, 0.3) is 0 Å². The lowest BCUT2D eigenvalue weighted by molar-refractivity contribution is -0.274. The Morgan fingerprint density at radius 3 is 2.42 bits per heavy atom. The molecular weight excluding hydrogens is 299 g/mol. The summed E-state index contributed by atoms with van der Waals surface area (Å²) >= 11 is 7.10. The Balaban J connectivity index is 2.99. The topological polar surface area (TPSA) is 21.6 Å². The van der Waals surface area contributed by atoms with Gasteiger partial charge in [-0.2, -0.15) is 0 Å². The van der Waals surface area contributed by atoms with Crippen LogP contribution in [0, 0.1) is 0 Å². The fraction of sp³-hybridized carbons (Fsp3) is 0.417. The van der Waals surface area contributed by atoms with Crippen LogP contribution in [0.4, 0.5) is 13.2 Å². The molecule has 0 aliphatic carbocycles. The fourth-order valence-corrected chi connectivity index (χ4v) is 1.78. The molecule has 0 atom stereocenters. The lowest BCUT2D eigenvalue weighted by Crippen LogP contribution is -2.18. The molecule has 0 saturated carbocycles. The maximum Gasteiger partial charge on any atom is 0.573 e. The highest BCUT2D eigenvalue weighted by atomic mass is 35.5. The van der Waals surface area contributed by atoms with E-state index in [1.165, 1.54) is 36.4 Å². The quantitative estimate of drug-likeness (QED) is 0.572. The van der Waals surface area contributed by atoms with Gasteiger partial charge in [0.2, 0.25) is 0 Å². The zero-order valence-electron chi connectivity index (χ0n) is 10.6. The Morgan fingerprint density at radius 2 is 1.89 bits per heavy atom. The van der Waals surface area contributed by atoms with Crippen LogP contribution in [0.3, 0.4) is 0 Å². The minimum absolute atomic E-state index is 0.109. The Kier molecular flexibility index (Phi) is 5.15. The maximum absolute atomic E-state index is 12.2. The molecule has 1 rings (SSSR count). The van der Waals surface area contributed by atoms with E-state index in [1.807, 2.05) is 20.8 Å². The molecule has 0 radical (unpaired) electrons. The van der Waals surface area contributed by atoms with E-state index in [9.17, 15) is 13.2 Å². The first-order valence-electron chi connectivity index (χ1n) is 5.34. The molecule has 0 aromatic heterocycles. The van der Waals surface area contributed by atoms with Gasteiger partial charge in [0.15, 0.2) is 0 Å². The number of benzene rings is 1. The van der Waals surface area contributed by atoms with Gasteiger partial charge >= 0.3 is 6.36 Å². The second-order valence-electron chi connectivity index (χ2n) is 4.64. The minimum atomic E-state index is -4.76. The monoisotopic (exact) mass is 311 g/mol. The SMILES string of the molecule is CC(C)(C)SN=Cc1c(Cl)cccc1OC(F)(F)F. The summed E-state index contributed by atoms with van der Waals surface area (Å²) < 4.78 is 44.5. The van der Waals surface area contributed by atoms with Gasteiger partial charge in [-0.15, -0.1) is 13.2 Å². The van der Waals surface area contributed by atoms with Crippen LogP contribution in [-0.2, 0) is 0 Å². The van der Waals surface area contributed by atoms with E-state index in [-0.39, 0.29) is 21.1 Å². The van der Waals surface area contributed by atoms with Crippen molar-refractivity contribution in [3.63, 3.8) is 0 Å². The van der Waals surface area contributed by atoms with Gasteiger partial charge < -0.3 is 4.74 Å². The van der Waals surface area contributed by atoms with Crippen molar-refractivity contribution >= 4 is 29.8 Å². The first kappa shape index (κ1) is 16.2. The van der Waals surface area contributed by atoms with E-state index in [0.717, 1.165) is 0 Å². The summed E-state index contributed by atoms with van der Waals surface area (Å²) in [5, 5.41) is 0.153. The zero-order valence-corrected chi connectivity index (χ0v) is 12.2. The number of nitrogens with zero attached hydrogens (tertiary/aromatic N) is 1. The molecule has 0 spiro atoms. The summed E-state index contributed by atoms with van der Waals surface area (Å²) in [6, 6.07) is 4.06. The molecule has 7 heteroatoms. The second kappa shape index (κ2) is 6.05. The van der Waals surface area contributed by atoms with Crippen LogP contribution in [0.25, 0.3) is 0 Å². The third kappa shape index (κ3) is 6.20. The summed E-state index contributed by atoms with van der Waals surface area (Å²) in [6.07, 6.45) is -3.48. The average molecular weight is 312 g/mol. The average Bonchev–Trinajstić information content (AvgIpc) is 2.18. The van der Waals surface area contributed by atoms with Gasteiger partial charge in [0.05, 0.1) is 10.6 Å². The van der Waals surface area contributed by atoms with E-state index in [4.69, 9.17) is 11.6 Å². The number of ether oxygens (including phenoxy) is 1. The van der Waals surface area contributed by atoms with E-state index in [0.29, 0.717) is 0 Å². The first-order chi connectivity index (χ1) is 8.58. The Morgan fingerprint density at radius 1 is 1.26 bits per heavy atom. The van der Waals surface area contributed by atoms with Crippen LogP contribution in [0.2, 0.25) is 5.02 Å². The molecule has 0 heterocycles. The van der Waals surface area contributed by atoms with E-state index in [2.05, 4.69) is 9.13 Å². The third-order valence-corrected chi connectivity index (χ3v) is 2.84. The van der Waals surface area contributed by atoms with Crippen LogP contribution >= 0.6 is 23.5 Å². The molecule has 19 heavy (non-hydrogen) atoms. The van der Waals surface area contributed by atoms with Crippen LogP contribution < -0.4 is 4.74 Å². The highest BCUT2D eigenvalue weighted by molar-refractivity contribution is 7.99. The van der Waals surface area contributed by atoms with Gasteiger partial charge in [-0.1, -0.05) is 17.7 Å². The molecule has 0 amide bonds. The number of hydrogen-bond acceptors (Lipinski definition) is 3. The summed E-state index contributed by atoms with van der Waals surface area (Å²) in [7, 11) is 0. The Bertz CT molecular complexity index is 469. The second-order valence-corrected chi connectivity index (χ2v) is 6.66. The van der Waals surface area contributed by atoms with Crippen molar-refractivity contribution in [3.8, 4) is 5.75 Å². The predicted octanol–water partition coefficient (Wildman–Crippen LogP) is 5.10. The molecular formula is C12H13ClF3NOS. The number of hydrogen-bond donors (Lipinski definition) is 0. The van der Waals surface area contributed by atoms with Gasteiger partial charge in [0, 0.05) is 11.0 Å².